The summed E-state index contributed by atoms with van der Waals surface area (Å²) in [4.78, 5) is 27.0. The number of pyridine rings is 1. The fourth-order valence-corrected chi connectivity index (χ4v) is 2.03. The number of nitrogens with one attached hydrogen (secondary N) is 1. The molecular formula is C15H22N2O4. The highest BCUT2D eigenvalue weighted by Gasteiger charge is 2.23. The van der Waals surface area contributed by atoms with Crippen molar-refractivity contribution in [1.29, 1.82) is 0 Å². The Kier molecular flexibility index (Phi) is 5.69. The molecule has 1 rings (SSSR count). The number of carboxylic acid groups (broad SMARTS) is 1. The molecule has 0 aliphatic heterocycles. The van der Waals surface area contributed by atoms with Gasteiger partial charge in [0.2, 0.25) is 5.88 Å². The Morgan fingerprint density at radius 1 is 1.38 bits per heavy atom. The third-order valence-electron chi connectivity index (χ3n) is 2.82. The highest BCUT2D eigenvalue weighted by atomic mass is 16.5. The summed E-state index contributed by atoms with van der Waals surface area (Å²) in [6.07, 6.45) is 1.88. The van der Waals surface area contributed by atoms with Crippen molar-refractivity contribution < 1.29 is 19.4 Å². The third-order valence-corrected chi connectivity index (χ3v) is 2.82. The van der Waals surface area contributed by atoms with Crippen molar-refractivity contribution >= 4 is 11.9 Å². The van der Waals surface area contributed by atoms with E-state index in [1.54, 1.807) is 12.1 Å². The fraction of sp³-hybridized carbons (Fsp3) is 0.533. The number of ether oxygens (including phenoxy) is 1. The zero-order valence-corrected chi connectivity index (χ0v) is 12.8. The molecule has 0 aliphatic carbocycles. The van der Waals surface area contributed by atoms with Gasteiger partial charge in [0.1, 0.15) is 0 Å². The van der Waals surface area contributed by atoms with Crippen molar-refractivity contribution in [3.8, 4) is 5.88 Å². The van der Waals surface area contributed by atoms with E-state index in [4.69, 9.17) is 9.84 Å². The summed E-state index contributed by atoms with van der Waals surface area (Å²) in [5.74, 6) is -0.846. The van der Waals surface area contributed by atoms with E-state index in [0.717, 1.165) is 0 Å². The molecule has 0 radical (unpaired) electrons. The van der Waals surface area contributed by atoms with Gasteiger partial charge in [-0.15, -0.1) is 0 Å². The van der Waals surface area contributed by atoms with Crippen LogP contribution in [0.25, 0.3) is 0 Å². The van der Waals surface area contributed by atoms with Gasteiger partial charge >= 0.3 is 5.97 Å². The van der Waals surface area contributed by atoms with Crippen molar-refractivity contribution in [3.63, 3.8) is 0 Å². The Morgan fingerprint density at radius 2 is 2.05 bits per heavy atom. The Bertz CT molecular complexity index is 491. The van der Waals surface area contributed by atoms with Crippen LogP contribution < -0.4 is 10.1 Å². The van der Waals surface area contributed by atoms with Crippen LogP contribution in [0.2, 0.25) is 0 Å². The first-order chi connectivity index (χ1) is 9.71. The quantitative estimate of drug-likeness (QED) is 0.838. The van der Waals surface area contributed by atoms with Gasteiger partial charge in [0, 0.05) is 18.3 Å². The number of aliphatic carboxylic acids is 1. The maximum absolute atomic E-state index is 12.1. The molecule has 0 aromatic carbocycles. The van der Waals surface area contributed by atoms with Gasteiger partial charge in [0.05, 0.1) is 19.1 Å². The molecule has 1 heterocycles. The molecule has 6 heteroatoms. The second-order valence-electron chi connectivity index (χ2n) is 6.12. The summed E-state index contributed by atoms with van der Waals surface area (Å²) >= 11 is 0. The molecule has 0 bridgehead atoms. The average Bonchev–Trinajstić information content (AvgIpc) is 2.36. The van der Waals surface area contributed by atoms with Crippen LogP contribution in [-0.4, -0.2) is 35.1 Å². The van der Waals surface area contributed by atoms with Crippen LogP contribution in [0.3, 0.4) is 0 Å². The zero-order valence-electron chi connectivity index (χ0n) is 12.8. The van der Waals surface area contributed by atoms with Crippen molar-refractivity contribution in [2.24, 2.45) is 5.41 Å². The number of carbonyl (C=O) groups excluding carboxylic acids is 1. The molecule has 1 aromatic rings. The summed E-state index contributed by atoms with van der Waals surface area (Å²) in [5, 5.41) is 11.7. The topological polar surface area (TPSA) is 88.5 Å². The van der Waals surface area contributed by atoms with Crippen LogP contribution in [0.4, 0.5) is 0 Å². The van der Waals surface area contributed by atoms with Gasteiger partial charge in [-0.25, -0.2) is 4.98 Å². The number of methoxy groups -OCH3 is 1. The van der Waals surface area contributed by atoms with E-state index in [0.29, 0.717) is 17.9 Å². The van der Waals surface area contributed by atoms with Gasteiger partial charge in [-0.05, 0) is 17.9 Å². The van der Waals surface area contributed by atoms with Crippen LogP contribution in [0.5, 0.6) is 5.88 Å². The molecule has 1 amide bonds. The molecule has 1 atom stereocenters. The van der Waals surface area contributed by atoms with Gasteiger partial charge in [-0.2, -0.15) is 0 Å². The normalized spacial score (nSPS) is 12.6. The second kappa shape index (κ2) is 7.06. The fourth-order valence-electron chi connectivity index (χ4n) is 2.03. The first-order valence-corrected chi connectivity index (χ1v) is 6.74. The van der Waals surface area contributed by atoms with Crippen molar-refractivity contribution in [2.75, 3.05) is 7.11 Å². The van der Waals surface area contributed by atoms with Crippen LogP contribution in [0, 0.1) is 5.41 Å². The Labute approximate surface area is 124 Å². The van der Waals surface area contributed by atoms with E-state index >= 15 is 0 Å². The lowest BCUT2D eigenvalue weighted by Gasteiger charge is -2.25. The summed E-state index contributed by atoms with van der Waals surface area (Å²) in [6.45, 7) is 6.01. The number of carbonyl (C=O) groups is 2. The number of hydrogen-bond donors (Lipinski definition) is 2. The molecule has 1 aromatic heterocycles. The summed E-state index contributed by atoms with van der Waals surface area (Å²) in [5.41, 5.74) is 0.297. The van der Waals surface area contributed by atoms with E-state index in [9.17, 15) is 9.59 Å². The van der Waals surface area contributed by atoms with Crippen LogP contribution >= 0.6 is 0 Å². The van der Waals surface area contributed by atoms with Crippen molar-refractivity contribution in [2.45, 2.75) is 39.7 Å². The van der Waals surface area contributed by atoms with Gasteiger partial charge in [-0.1, -0.05) is 20.8 Å². The Morgan fingerprint density at radius 3 is 2.48 bits per heavy atom. The second-order valence-corrected chi connectivity index (χ2v) is 6.12. The molecule has 2 N–H and O–H groups in total. The average molecular weight is 294 g/mol. The summed E-state index contributed by atoms with van der Waals surface area (Å²) in [7, 11) is 1.49. The van der Waals surface area contributed by atoms with Gasteiger partial charge < -0.3 is 15.2 Å². The van der Waals surface area contributed by atoms with Crippen LogP contribution in [0.1, 0.15) is 44.0 Å². The predicted molar refractivity (Wildman–Crippen MR) is 78.4 cm³/mol. The molecule has 0 aliphatic rings. The first-order valence-electron chi connectivity index (χ1n) is 6.74. The minimum atomic E-state index is -0.933. The minimum Gasteiger partial charge on any atom is -0.481 e. The first kappa shape index (κ1) is 16.9. The monoisotopic (exact) mass is 294 g/mol. The molecule has 0 saturated heterocycles. The van der Waals surface area contributed by atoms with Crippen LogP contribution in [-0.2, 0) is 4.79 Å². The van der Waals surface area contributed by atoms with E-state index in [1.807, 2.05) is 20.8 Å². The highest BCUT2D eigenvalue weighted by Crippen LogP contribution is 2.22. The number of carboxylic acids is 1. The molecule has 0 saturated carbocycles. The van der Waals surface area contributed by atoms with Crippen molar-refractivity contribution in [1.82, 2.24) is 10.3 Å². The molecule has 116 valence electrons. The SMILES string of the molecule is COc1ccc(C(=O)NC(CC(=O)O)CC(C)(C)C)cn1. The van der Waals surface area contributed by atoms with Gasteiger partial charge in [0.25, 0.3) is 5.91 Å². The molecule has 21 heavy (non-hydrogen) atoms. The predicted octanol–water partition coefficient (Wildman–Crippen LogP) is 2.10. The lowest BCUT2D eigenvalue weighted by Crippen LogP contribution is -2.39. The third kappa shape index (κ3) is 6.25. The number of hydrogen-bond acceptors (Lipinski definition) is 4. The largest absolute Gasteiger partial charge is 0.481 e. The zero-order chi connectivity index (χ0) is 16.0. The van der Waals surface area contributed by atoms with E-state index in [-0.39, 0.29) is 17.7 Å². The molecule has 0 spiro atoms. The molecule has 1 unspecified atom stereocenters. The number of amides is 1. The van der Waals surface area contributed by atoms with Gasteiger partial charge in [0.15, 0.2) is 0 Å². The van der Waals surface area contributed by atoms with Crippen molar-refractivity contribution in [3.05, 3.63) is 23.9 Å². The maximum Gasteiger partial charge on any atom is 0.305 e. The lowest BCUT2D eigenvalue weighted by atomic mass is 9.87. The maximum atomic E-state index is 12.1. The molecular weight excluding hydrogens is 272 g/mol. The standard InChI is InChI=1S/C15H22N2O4/c1-15(2,3)8-11(7-13(18)19)17-14(20)10-5-6-12(21-4)16-9-10/h5-6,9,11H,7-8H2,1-4H3,(H,17,20)(H,18,19). The van der Waals surface area contributed by atoms with E-state index in [2.05, 4.69) is 10.3 Å². The highest BCUT2D eigenvalue weighted by molar-refractivity contribution is 5.94. The van der Waals surface area contributed by atoms with Gasteiger partial charge in [-0.3, -0.25) is 9.59 Å². The molecule has 0 fully saturated rings. The van der Waals surface area contributed by atoms with Crippen LogP contribution in [0.15, 0.2) is 18.3 Å². The lowest BCUT2D eigenvalue weighted by molar-refractivity contribution is -0.137. The number of nitrogens with zero attached hydrogens (tertiary/aromatic N) is 1. The Hall–Kier alpha value is -2.11. The number of aromatic nitrogens is 1. The van der Waals surface area contributed by atoms with E-state index < -0.39 is 12.0 Å². The van der Waals surface area contributed by atoms with E-state index in [1.165, 1.54) is 13.3 Å². The Balaban J connectivity index is 2.76. The molecule has 6 nitrogen and oxygen atoms in total. The number of rotatable bonds is 6. The minimum absolute atomic E-state index is 0.0778. The summed E-state index contributed by atoms with van der Waals surface area (Å²) < 4.78 is 4.93. The smallest absolute Gasteiger partial charge is 0.305 e. The summed E-state index contributed by atoms with van der Waals surface area (Å²) in [6, 6.07) is 2.76.